The molecule has 1 N–H and O–H groups in total. The topological polar surface area (TPSA) is 102 Å². The summed E-state index contributed by atoms with van der Waals surface area (Å²) in [6.45, 7) is 3.63. The van der Waals surface area contributed by atoms with Gasteiger partial charge in [-0.2, -0.15) is 0 Å². The third-order valence-electron chi connectivity index (χ3n) is 6.21. The van der Waals surface area contributed by atoms with Crippen LogP contribution >= 0.6 is 11.6 Å². The Morgan fingerprint density at radius 2 is 1.70 bits per heavy atom. The molecule has 0 bridgehead atoms. The summed E-state index contributed by atoms with van der Waals surface area (Å²) in [4.78, 5) is 23.0. The van der Waals surface area contributed by atoms with Crippen LogP contribution < -0.4 is 23.8 Å². The molecule has 174 valence electrons. The van der Waals surface area contributed by atoms with Gasteiger partial charge in [0.25, 0.3) is 5.75 Å². The van der Waals surface area contributed by atoms with Crippen molar-refractivity contribution in [1.29, 1.82) is 0 Å². The van der Waals surface area contributed by atoms with E-state index in [1.807, 2.05) is 0 Å². The third-order valence-corrected chi connectivity index (χ3v) is 6.27. The second-order valence-electron chi connectivity index (χ2n) is 7.85. The first-order valence-electron chi connectivity index (χ1n) is 10.2. The summed E-state index contributed by atoms with van der Waals surface area (Å²) in [6, 6.07) is 7.01. The maximum atomic E-state index is 12.8. The molecular weight excluding hydrogens is 456 g/mol. The van der Waals surface area contributed by atoms with E-state index >= 15 is 0 Å². The highest BCUT2D eigenvalue weighted by atomic mass is 35.5. The number of cyclic esters (lactones) is 1. The van der Waals surface area contributed by atoms with Gasteiger partial charge in [-0.25, -0.2) is 0 Å². The molecule has 10 heteroatoms. The van der Waals surface area contributed by atoms with Crippen LogP contribution in [0.25, 0.3) is 0 Å². The summed E-state index contributed by atoms with van der Waals surface area (Å²) in [6.07, 6.45) is -0.892. The molecule has 5 rings (SSSR count). The number of hydrogen-bond donors (Lipinski definition) is 1. The van der Waals surface area contributed by atoms with Crippen molar-refractivity contribution in [1.82, 2.24) is 0 Å². The van der Waals surface area contributed by atoms with E-state index in [1.54, 1.807) is 24.3 Å². The maximum absolute atomic E-state index is 12.8. The average Bonchev–Trinajstić information content (AvgIpc) is 3.43. The zero-order valence-corrected chi connectivity index (χ0v) is 18.6. The highest BCUT2D eigenvalue weighted by molar-refractivity contribution is 6.27. The molecule has 9 nitrogen and oxygen atoms in total. The summed E-state index contributed by atoms with van der Waals surface area (Å²) in [5.74, 6) is -0.0727. The molecule has 2 aromatic carbocycles. The Labute approximate surface area is 194 Å². The summed E-state index contributed by atoms with van der Waals surface area (Å²) >= 11 is 5.64. The van der Waals surface area contributed by atoms with Gasteiger partial charge in [-0.3, -0.25) is 14.6 Å². The van der Waals surface area contributed by atoms with E-state index in [2.05, 4.69) is 6.58 Å². The van der Waals surface area contributed by atoms with Crippen molar-refractivity contribution in [2.45, 2.75) is 12.0 Å². The Morgan fingerprint density at radius 3 is 2.30 bits per heavy atom. The number of hydrogen-bond acceptors (Lipinski definition) is 9. The monoisotopic (exact) mass is 476 g/mol. The molecule has 33 heavy (non-hydrogen) atoms. The fraction of sp³-hybridized carbons (Fsp3) is 0.348. The van der Waals surface area contributed by atoms with Crippen molar-refractivity contribution in [2.75, 3.05) is 27.6 Å². The van der Waals surface area contributed by atoms with Crippen LogP contribution in [-0.4, -0.2) is 38.7 Å². The third kappa shape index (κ3) is 3.48. The van der Waals surface area contributed by atoms with E-state index in [1.165, 1.54) is 14.2 Å². The molecule has 2 aromatic rings. The van der Waals surface area contributed by atoms with Gasteiger partial charge in [-0.05, 0) is 59.1 Å². The SMILES string of the molecule is C=C(Cl)OOc1c(OC)cc([C@@H]2c3cc4c(cc3C(O)C3COC(=O)[C@@H]32)OCO4)cc1OC. The van der Waals surface area contributed by atoms with Gasteiger partial charge in [0.15, 0.2) is 23.0 Å². The molecule has 2 unspecified atom stereocenters. The molecule has 0 radical (unpaired) electrons. The van der Waals surface area contributed by atoms with Crippen molar-refractivity contribution in [2.24, 2.45) is 11.8 Å². The number of aliphatic hydroxyl groups excluding tert-OH is 1. The molecule has 1 fully saturated rings. The number of benzene rings is 2. The molecule has 0 saturated carbocycles. The number of rotatable bonds is 6. The Hall–Kier alpha value is -3.30. The van der Waals surface area contributed by atoms with Crippen LogP contribution in [0.2, 0.25) is 0 Å². The Morgan fingerprint density at radius 1 is 1.06 bits per heavy atom. The van der Waals surface area contributed by atoms with Crippen molar-refractivity contribution in [3.05, 3.63) is 52.8 Å². The first kappa shape index (κ1) is 21.5. The molecule has 0 amide bonds. The van der Waals surface area contributed by atoms with Gasteiger partial charge in [0.05, 0.1) is 32.8 Å². The summed E-state index contributed by atoms with van der Waals surface area (Å²) in [5, 5.41) is 10.9. The molecule has 1 saturated heterocycles. The number of carbonyl (C=O) groups is 1. The van der Waals surface area contributed by atoms with E-state index in [-0.39, 0.29) is 30.3 Å². The maximum Gasteiger partial charge on any atom is 0.310 e. The quantitative estimate of drug-likeness (QED) is 0.291. The first-order valence-corrected chi connectivity index (χ1v) is 10.5. The Balaban J connectivity index is 1.68. The van der Waals surface area contributed by atoms with Crippen LogP contribution in [0.3, 0.4) is 0 Å². The van der Waals surface area contributed by atoms with Crippen molar-refractivity contribution >= 4 is 17.6 Å². The van der Waals surface area contributed by atoms with Crippen molar-refractivity contribution < 1.29 is 43.4 Å². The van der Waals surface area contributed by atoms with Gasteiger partial charge >= 0.3 is 5.97 Å². The standard InChI is InChI=1S/C23H21ClO9/c1-10(24)32-33-22-17(27-2)4-11(5-18(22)28-3)19-12-6-15-16(31-9-30-15)7-13(12)21(25)14-8-29-23(26)20(14)19/h4-7,14,19-21,25H,1,8-9H2,2-3H3/t14?,19-,20+,21?/m1/s1. The van der Waals surface area contributed by atoms with Crippen LogP contribution in [0.5, 0.6) is 28.7 Å². The van der Waals surface area contributed by atoms with E-state index in [0.717, 1.165) is 5.56 Å². The normalized spacial score (nSPS) is 24.4. The van der Waals surface area contributed by atoms with Gasteiger partial charge in [0.2, 0.25) is 12.0 Å². The molecule has 2 aliphatic heterocycles. The second-order valence-corrected chi connectivity index (χ2v) is 8.27. The minimum Gasteiger partial charge on any atom is -0.492 e. The highest BCUT2D eigenvalue weighted by Gasteiger charge is 2.52. The zero-order chi connectivity index (χ0) is 23.3. The molecule has 4 atom stereocenters. The van der Waals surface area contributed by atoms with Crippen LogP contribution in [0, 0.1) is 11.8 Å². The number of ether oxygens (including phenoxy) is 5. The lowest BCUT2D eigenvalue weighted by Crippen LogP contribution is -2.34. The number of fused-ring (bicyclic) bond motifs is 3. The van der Waals surface area contributed by atoms with E-state index in [0.29, 0.717) is 34.1 Å². The molecule has 2 heterocycles. The van der Waals surface area contributed by atoms with E-state index < -0.39 is 23.9 Å². The predicted molar refractivity (Wildman–Crippen MR) is 114 cm³/mol. The van der Waals surface area contributed by atoms with Gasteiger partial charge in [0, 0.05) is 11.8 Å². The van der Waals surface area contributed by atoms with Crippen LogP contribution in [0.4, 0.5) is 0 Å². The van der Waals surface area contributed by atoms with Gasteiger partial charge in [0.1, 0.15) is 0 Å². The minimum absolute atomic E-state index is 0.0907. The van der Waals surface area contributed by atoms with Gasteiger partial charge < -0.3 is 28.8 Å². The predicted octanol–water partition coefficient (Wildman–Crippen LogP) is 3.42. The van der Waals surface area contributed by atoms with E-state index in [4.69, 9.17) is 45.1 Å². The van der Waals surface area contributed by atoms with Crippen molar-refractivity contribution in [3.63, 3.8) is 0 Å². The number of aliphatic hydroxyl groups is 1. The summed E-state index contributed by atoms with van der Waals surface area (Å²) < 4.78 is 27.4. The van der Waals surface area contributed by atoms with E-state index in [9.17, 15) is 9.90 Å². The van der Waals surface area contributed by atoms with Crippen LogP contribution in [0.1, 0.15) is 28.7 Å². The molecular formula is C23H21ClO9. The number of halogens is 1. The molecule has 0 spiro atoms. The smallest absolute Gasteiger partial charge is 0.310 e. The largest absolute Gasteiger partial charge is 0.492 e. The average molecular weight is 477 g/mol. The highest BCUT2D eigenvalue weighted by Crippen LogP contribution is 2.55. The number of esters is 1. The lowest BCUT2D eigenvalue weighted by molar-refractivity contribution is -0.157. The van der Waals surface area contributed by atoms with Gasteiger partial charge in [-0.1, -0.05) is 0 Å². The second kappa shape index (κ2) is 8.24. The number of carbonyl (C=O) groups excluding carboxylic acids is 1. The molecule has 3 aliphatic rings. The lowest BCUT2D eigenvalue weighted by Gasteiger charge is -2.37. The fourth-order valence-corrected chi connectivity index (χ4v) is 4.81. The molecule has 0 aromatic heterocycles. The van der Waals surface area contributed by atoms with Crippen LogP contribution in [0.15, 0.2) is 36.1 Å². The van der Waals surface area contributed by atoms with Crippen LogP contribution in [-0.2, 0) is 14.4 Å². The molecule has 1 aliphatic carbocycles. The summed E-state index contributed by atoms with van der Waals surface area (Å²) in [5.41, 5.74) is 2.08. The lowest BCUT2D eigenvalue weighted by atomic mass is 9.66. The Bertz CT molecular complexity index is 1110. The number of methoxy groups -OCH3 is 2. The first-order chi connectivity index (χ1) is 15.9. The van der Waals surface area contributed by atoms with Gasteiger partial charge in [-0.15, -0.1) is 0 Å². The minimum atomic E-state index is -0.892. The van der Waals surface area contributed by atoms with Crippen molar-refractivity contribution in [3.8, 4) is 28.7 Å². The zero-order valence-electron chi connectivity index (χ0n) is 17.8. The fourth-order valence-electron chi connectivity index (χ4n) is 4.78. The Kier molecular flexibility index (Phi) is 5.38. The summed E-state index contributed by atoms with van der Waals surface area (Å²) in [7, 11) is 2.92.